The monoisotopic (exact) mass is 821 g/mol. The highest BCUT2D eigenvalue weighted by atomic mass is 32.1. The number of aromatic nitrogens is 9. The number of nitrogens with one attached hydrogen (secondary N) is 2. The number of ether oxygens (including phenoxy) is 1. The van der Waals surface area contributed by atoms with Gasteiger partial charge < -0.3 is 35.1 Å². The molecule has 0 unspecified atom stereocenters. The van der Waals surface area contributed by atoms with E-state index in [1.165, 1.54) is 0 Å². The molecule has 59 heavy (non-hydrogen) atoms. The molecule has 0 radical (unpaired) electrons. The quantitative estimate of drug-likeness (QED) is 0.0510. The number of hydrogen-bond acceptors (Lipinski definition) is 13. The standard InChI is InChI=1S/C39H43N13O5.CH4S/c1-6-25-33(57-22(4)44-25)38(55)48-39-46-27-18-23(34(40)53)19-30(56-16-10-13-42-5)32(27)51(39)15-9-8-14-50-28-12-11-26(35(41)54)45-31(28)24-20-43-36(47-37(24)50)29-17-21(3)49-52(29)7-2;1-2/h8-9,11-12,17-20,42H,6-7,10,13-16H2,1-5H3,(H2,40,53)(H2,41,54)(H,46,48,55);2H,1H3/b9-8+;. The number of nitrogens with zero attached hydrogens (tertiary/aromatic N) is 9. The van der Waals surface area contributed by atoms with Crippen molar-refractivity contribution < 1.29 is 23.5 Å². The molecule has 0 fully saturated rings. The van der Waals surface area contributed by atoms with Gasteiger partial charge in [0.25, 0.3) is 11.8 Å². The van der Waals surface area contributed by atoms with E-state index >= 15 is 0 Å². The molecule has 0 aliphatic rings. The highest BCUT2D eigenvalue weighted by Gasteiger charge is 2.24. The van der Waals surface area contributed by atoms with Gasteiger partial charge in [0.1, 0.15) is 33.8 Å². The molecule has 6 aromatic heterocycles. The van der Waals surface area contributed by atoms with Gasteiger partial charge in [0.2, 0.25) is 17.6 Å². The summed E-state index contributed by atoms with van der Waals surface area (Å²) in [4.78, 5) is 61.4. The van der Waals surface area contributed by atoms with E-state index in [1.807, 2.05) is 55.3 Å². The van der Waals surface area contributed by atoms with E-state index in [0.717, 1.165) is 16.9 Å². The van der Waals surface area contributed by atoms with E-state index < -0.39 is 17.7 Å². The van der Waals surface area contributed by atoms with Crippen LogP contribution in [0.1, 0.15) is 68.9 Å². The summed E-state index contributed by atoms with van der Waals surface area (Å²) in [5.74, 6) is -0.301. The summed E-state index contributed by atoms with van der Waals surface area (Å²) in [5, 5.41) is 11.2. The number of anilines is 1. The first-order valence-corrected chi connectivity index (χ1v) is 19.9. The predicted octanol–water partition coefficient (Wildman–Crippen LogP) is 4.62. The van der Waals surface area contributed by atoms with Crippen LogP contribution in [-0.2, 0) is 26.1 Å². The maximum Gasteiger partial charge on any atom is 0.295 e. The van der Waals surface area contributed by atoms with Crippen molar-refractivity contribution in [2.24, 2.45) is 11.5 Å². The van der Waals surface area contributed by atoms with Gasteiger partial charge in [-0.25, -0.2) is 24.9 Å². The van der Waals surface area contributed by atoms with Gasteiger partial charge in [-0.15, -0.1) is 0 Å². The lowest BCUT2D eigenvalue weighted by atomic mass is 10.1. The minimum atomic E-state index is -0.647. The summed E-state index contributed by atoms with van der Waals surface area (Å²) in [5.41, 5.74) is 16.6. The van der Waals surface area contributed by atoms with Crippen molar-refractivity contribution >= 4 is 69.4 Å². The molecule has 0 saturated carbocycles. The molecule has 6 N–H and O–H groups in total. The summed E-state index contributed by atoms with van der Waals surface area (Å²) in [6, 6.07) is 8.46. The van der Waals surface area contributed by atoms with Crippen LogP contribution in [0.15, 0.2) is 53.1 Å². The van der Waals surface area contributed by atoms with Crippen LogP contribution < -0.4 is 26.8 Å². The Labute approximate surface area is 344 Å². The Hall–Kier alpha value is -6.60. The van der Waals surface area contributed by atoms with Gasteiger partial charge in [0, 0.05) is 38.3 Å². The van der Waals surface area contributed by atoms with Crippen molar-refractivity contribution in [1.82, 2.24) is 49.2 Å². The van der Waals surface area contributed by atoms with Gasteiger partial charge in [0.05, 0.1) is 34.4 Å². The maximum atomic E-state index is 13.6. The van der Waals surface area contributed by atoms with Crippen LogP contribution in [0.4, 0.5) is 5.95 Å². The molecule has 0 atom stereocenters. The fourth-order valence-electron chi connectivity index (χ4n) is 6.73. The van der Waals surface area contributed by atoms with Crippen LogP contribution in [0.5, 0.6) is 5.75 Å². The Kier molecular flexibility index (Phi) is 13.1. The van der Waals surface area contributed by atoms with Crippen molar-refractivity contribution in [2.75, 3.05) is 31.8 Å². The first kappa shape index (κ1) is 42.0. The number of rotatable bonds is 16. The largest absolute Gasteiger partial charge is 0.491 e. The van der Waals surface area contributed by atoms with E-state index in [4.69, 9.17) is 30.6 Å². The van der Waals surface area contributed by atoms with Crippen molar-refractivity contribution in [2.45, 2.75) is 60.2 Å². The van der Waals surface area contributed by atoms with Crippen LogP contribution in [0, 0.1) is 13.8 Å². The van der Waals surface area contributed by atoms with Gasteiger partial charge in [-0.05, 0) is 76.9 Å². The molecular formula is C40H47N13O5S. The summed E-state index contributed by atoms with van der Waals surface area (Å²) >= 11 is 3.53. The molecule has 0 aliphatic heterocycles. The molecule has 19 heteroatoms. The predicted molar refractivity (Wildman–Crippen MR) is 228 cm³/mol. The minimum Gasteiger partial charge on any atom is -0.491 e. The molecule has 1 aromatic carbocycles. The number of amides is 3. The molecule has 308 valence electrons. The van der Waals surface area contributed by atoms with Gasteiger partial charge in [0.15, 0.2) is 11.7 Å². The van der Waals surface area contributed by atoms with Crippen molar-refractivity contribution in [1.29, 1.82) is 0 Å². The lowest BCUT2D eigenvalue weighted by Crippen LogP contribution is -2.17. The number of hydrogen-bond donors (Lipinski definition) is 5. The summed E-state index contributed by atoms with van der Waals surface area (Å²) in [7, 11) is 1.85. The van der Waals surface area contributed by atoms with Crippen molar-refractivity contribution in [3.05, 3.63) is 83.0 Å². The van der Waals surface area contributed by atoms with Crippen LogP contribution >= 0.6 is 12.6 Å². The summed E-state index contributed by atoms with van der Waals surface area (Å²) in [6.07, 6.45) is 8.44. The number of allylic oxidation sites excluding steroid dienone is 2. The molecule has 7 aromatic rings. The number of thiol groups is 1. The fraction of sp³-hybridized carbons (Fsp3) is 0.325. The zero-order valence-corrected chi connectivity index (χ0v) is 34.6. The number of benzene rings is 1. The number of pyridine rings is 1. The van der Waals surface area contributed by atoms with Crippen LogP contribution in [0.25, 0.3) is 44.6 Å². The number of nitrogens with two attached hydrogens (primary N) is 2. The smallest absolute Gasteiger partial charge is 0.295 e. The fourth-order valence-corrected chi connectivity index (χ4v) is 6.73. The second kappa shape index (κ2) is 18.3. The molecule has 18 nitrogen and oxygen atoms in total. The van der Waals surface area contributed by atoms with E-state index in [9.17, 15) is 14.4 Å². The molecule has 6 heterocycles. The third-order valence-electron chi connectivity index (χ3n) is 9.36. The van der Waals surface area contributed by atoms with E-state index in [2.05, 4.69) is 43.3 Å². The number of imidazole rings is 1. The first-order chi connectivity index (χ1) is 28.5. The third-order valence-corrected chi connectivity index (χ3v) is 9.36. The van der Waals surface area contributed by atoms with Gasteiger partial charge >= 0.3 is 0 Å². The SMILES string of the molecule is CCc1nc(C)oc1C(=O)Nc1nc2cc(C(N)=O)cc(OCCCNC)c2n1C/C=C/Cn1c2ccc(C(N)=O)nc2c2cnc(-c3cc(C)nn3CC)nc21.CS. The van der Waals surface area contributed by atoms with Gasteiger partial charge in [-0.3, -0.25) is 24.4 Å². The van der Waals surface area contributed by atoms with Crippen LogP contribution in [0.3, 0.4) is 0 Å². The zero-order valence-electron chi connectivity index (χ0n) is 33.7. The molecule has 0 bridgehead atoms. The van der Waals surface area contributed by atoms with E-state index in [-0.39, 0.29) is 29.5 Å². The Morgan fingerprint density at radius 2 is 1.73 bits per heavy atom. The first-order valence-electron chi connectivity index (χ1n) is 19.0. The number of carbonyl (C=O) groups excluding carboxylic acids is 3. The number of primary amides is 2. The van der Waals surface area contributed by atoms with E-state index in [1.54, 1.807) is 48.2 Å². The number of carbonyl (C=O) groups is 3. The topological polar surface area (TPSA) is 242 Å². The number of oxazole rings is 1. The average Bonchev–Trinajstić information content (AvgIpc) is 3.99. The molecule has 0 spiro atoms. The number of aryl methyl sites for hydroxylation is 4. The average molecular weight is 822 g/mol. The second-order valence-electron chi connectivity index (χ2n) is 13.3. The normalized spacial score (nSPS) is 11.4. The molecule has 7 rings (SSSR count). The molecule has 3 amide bonds. The highest BCUT2D eigenvalue weighted by molar-refractivity contribution is 7.79. The molecular weight excluding hydrogens is 775 g/mol. The minimum absolute atomic E-state index is 0.0866. The van der Waals surface area contributed by atoms with Crippen LogP contribution in [0.2, 0.25) is 0 Å². The Bertz CT molecular complexity index is 2710. The summed E-state index contributed by atoms with van der Waals surface area (Å²) < 4.78 is 17.5. The second-order valence-corrected chi connectivity index (χ2v) is 13.3. The summed E-state index contributed by atoms with van der Waals surface area (Å²) in [6.45, 7) is 9.74. The third kappa shape index (κ3) is 8.65. The lowest BCUT2D eigenvalue weighted by molar-refractivity contribution is 0.0986. The zero-order chi connectivity index (χ0) is 42.4. The van der Waals surface area contributed by atoms with Crippen molar-refractivity contribution in [3.8, 4) is 17.3 Å². The highest BCUT2D eigenvalue weighted by Crippen LogP contribution is 2.32. The lowest BCUT2D eigenvalue weighted by Gasteiger charge is -2.13. The maximum absolute atomic E-state index is 13.6. The number of fused-ring (bicyclic) bond motifs is 4. The van der Waals surface area contributed by atoms with Gasteiger partial charge in [-0.2, -0.15) is 17.7 Å². The Morgan fingerprint density at radius 3 is 2.42 bits per heavy atom. The van der Waals surface area contributed by atoms with Crippen molar-refractivity contribution in [3.63, 3.8) is 0 Å². The van der Waals surface area contributed by atoms with Crippen LogP contribution in [-0.4, -0.2) is 88.0 Å². The molecule has 0 saturated heterocycles. The molecule has 0 aliphatic carbocycles. The Balaban J connectivity index is 0.00000288. The van der Waals surface area contributed by atoms with E-state index in [0.29, 0.717) is 89.8 Å². The van der Waals surface area contributed by atoms with Gasteiger partial charge in [-0.1, -0.05) is 19.1 Å². The Morgan fingerprint density at radius 1 is 0.966 bits per heavy atom.